The summed E-state index contributed by atoms with van der Waals surface area (Å²) < 4.78 is 0. The summed E-state index contributed by atoms with van der Waals surface area (Å²) >= 11 is 0. The summed E-state index contributed by atoms with van der Waals surface area (Å²) in [7, 11) is 0. The maximum absolute atomic E-state index is 6.37. The lowest BCUT2D eigenvalue weighted by Crippen LogP contribution is -2.06. The van der Waals surface area contributed by atoms with Gasteiger partial charge in [-0.1, -0.05) is 30.3 Å². The molecule has 140 valence electrons. The third kappa shape index (κ3) is 3.44. The minimum absolute atomic E-state index is 0.452. The molecule has 0 amide bonds. The monoisotopic (exact) mass is 370 g/mol. The van der Waals surface area contributed by atoms with E-state index in [-0.39, 0.29) is 0 Å². The Morgan fingerprint density at radius 3 is 2.36 bits per heavy atom. The third-order valence-corrected chi connectivity index (χ3v) is 4.64. The first-order valence-corrected chi connectivity index (χ1v) is 9.09. The zero-order valence-corrected chi connectivity index (χ0v) is 16.1. The van der Waals surface area contributed by atoms with Crippen LogP contribution in [0.5, 0.6) is 0 Å². The van der Waals surface area contributed by atoms with Gasteiger partial charge < -0.3 is 16.4 Å². The molecule has 4 rings (SSSR count). The van der Waals surface area contributed by atoms with E-state index in [1.165, 1.54) is 6.33 Å². The van der Waals surface area contributed by atoms with E-state index in [0.717, 1.165) is 39.1 Å². The lowest BCUT2D eigenvalue weighted by molar-refractivity contribution is 1.17. The van der Waals surface area contributed by atoms with Crippen LogP contribution >= 0.6 is 0 Å². The molecule has 2 heterocycles. The summed E-state index contributed by atoms with van der Waals surface area (Å²) in [6.45, 7) is 6.07. The number of nitrogens with one attached hydrogen (secondary N) is 2. The van der Waals surface area contributed by atoms with Crippen LogP contribution in [0.1, 0.15) is 16.8 Å². The number of rotatable bonds is 4. The molecule has 0 aliphatic carbocycles. The molecule has 6 nitrogen and oxygen atoms in total. The number of aromatic nitrogens is 3. The minimum atomic E-state index is 0.452. The van der Waals surface area contributed by atoms with E-state index < -0.39 is 0 Å². The highest BCUT2D eigenvalue weighted by molar-refractivity contribution is 5.93. The van der Waals surface area contributed by atoms with Crippen LogP contribution in [-0.4, -0.2) is 15.0 Å². The highest BCUT2D eigenvalue weighted by Gasteiger charge is 2.12. The molecule has 0 fully saturated rings. The largest absolute Gasteiger partial charge is 0.393 e. The van der Waals surface area contributed by atoms with E-state index in [1.54, 1.807) is 0 Å². The topological polar surface area (TPSA) is 88.8 Å². The van der Waals surface area contributed by atoms with Crippen molar-refractivity contribution in [2.24, 2.45) is 0 Å². The molecule has 0 unspecified atom stereocenters. The first-order valence-electron chi connectivity index (χ1n) is 9.09. The first-order chi connectivity index (χ1) is 13.5. The quantitative estimate of drug-likeness (QED) is 0.467. The van der Waals surface area contributed by atoms with Crippen molar-refractivity contribution in [1.82, 2.24) is 15.0 Å². The number of anilines is 5. The zero-order chi connectivity index (χ0) is 19.7. The molecule has 0 saturated carbocycles. The van der Waals surface area contributed by atoms with Gasteiger partial charge in [-0.15, -0.1) is 0 Å². The Kier molecular flexibility index (Phi) is 4.53. The van der Waals surface area contributed by atoms with E-state index in [4.69, 9.17) is 5.73 Å². The van der Waals surface area contributed by atoms with Gasteiger partial charge in [0.25, 0.3) is 0 Å². The highest BCUT2D eigenvalue weighted by atomic mass is 15.1. The normalized spacial score (nSPS) is 10.8. The Labute approximate surface area is 163 Å². The van der Waals surface area contributed by atoms with Crippen molar-refractivity contribution in [1.29, 1.82) is 0 Å². The van der Waals surface area contributed by atoms with Crippen molar-refractivity contribution in [3.63, 3.8) is 0 Å². The van der Waals surface area contributed by atoms with Crippen LogP contribution in [0.4, 0.5) is 28.7 Å². The van der Waals surface area contributed by atoms with Gasteiger partial charge in [0.05, 0.1) is 11.2 Å². The molecule has 0 atom stereocenters. The summed E-state index contributed by atoms with van der Waals surface area (Å²) in [5.41, 5.74) is 12.8. The smallest absolute Gasteiger partial charge is 0.159 e. The van der Waals surface area contributed by atoms with Crippen LogP contribution in [0.3, 0.4) is 0 Å². The van der Waals surface area contributed by atoms with Crippen LogP contribution < -0.4 is 16.4 Å². The molecule has 0 bridgehead atoms. The zero-order valence-electron chi connectivity index (χ0n) is 16.1. The summed E-state index contributed by atoms with van der Waals surface area (Å²) in [5, 5.41) is 7.69. The van der Waals surface area contributed by atoms with E-state index in [0.29, 0.717) is 17.3 Å². The van der Waals surface area contributed by atoms with Gasteiger partial charge in [-0.05, 0) is 50.1 Å². The van der Waals surface area contributed by atoms with Gasteiger partial charge in [0, 0.05) is 16.8 Å². The number of hydrogen-bond acceptors (Lipinski definition) is 6. The molecule has 0 saturated heterocycles. The summed E-state index contributed by atoms with van der Waals surface area (Å²) in [4.78, 5) is 13.3. The second-order valence-corrected chi connectivity index (χ2v) is 6.88. The molecule has 0 aliphatic rings. The third-order valence-electron chi connectivity index (χ3n) is 4.64. The lowest BCUT2D eigenvalue weighted by Gasteiger charge is -2.15. The average Bonchev–Trinajstić information content (AvgIpc) is 2.68. The summed E-state index contributed by atoms with van der Waals surface area (Å²) in [5.74, 6) is 1.11. The molecular weight excluding hydrogens is 348 g/mol. The van der Waals surface area contributed by atoms with Crippen molar-refractivity contribution in [3.05, 3.63) is 71.7 Å². The van der Waals surface area contributed by atoms with Crippen molar-refractivity contribution < 1.29 is 0 Å². The number of benzene rings is 2. The molecular formula is C22H22N6. The van der Waals surface area contributed by atoms with Gasteiger partial charge in [0.1, 0.15) is 12.0 Å². The maximum Gasteiger partial charge on any atom is 0.159 e. The fourth-order valence-electron chi connectivity index (χ4n) is 3.07. The van der Waals surface area contributed by atoms with Gasteiger partial charge >= 0.3 is 0 Å². The molecule has 0 aliphatic heterocycles. The van der Waals surface area contributed by atoms with E-state index in [1.807, 2.05) is 38.1 Å². The standard InChI is InChI=1S/C22H22N6/c1-13-7-8-14(2)18(11-13)28-22-19(23)21(24-12-25-22)27-17-6-4-5-16-10-9-15(3)26-20(16)17/h4-12H,23H2,1-3H3,(H2,24,25,27,28). The molecule has 4 aromatic rings. The molecule has 6 heteroatoms. The second kappa shape index (κ2) is 7.15. The van der Waals surface area contributed by atoms with Gasteiger partial charge in [0.2, 0.25) is 0 Å². The highest BCUT2D eigenvalue weighted by Crippen LogP contribution is 2.31. The predicted octanol–water partition coefficient (Wildman–Crippen LogP) is 5.02. The van der Waals surface area contributed by atoms with Crippen molar-refractivity contribution >= 4 is 39.6 Å². The van der Waals surface area contributed by atoms with E-state index in [9.17, 15) is 0 Å². The Morgan fingerprint density at radius 1 is 0.821 bits per heavy atom. The Bertz CT molecular complexity index is 1170. The van der Waals surface area contributed by atoms with Crippen LogP contribution in [0.25, 0.3) is 10.9 Å². The fraction of sp³-hybridized carbons (Fsp3) is 0.136. The van der Waals surface area contributed by atoms with Crippen molar-refractivity contribution in [2.45, 2.75) is 20.8 Å². The Balaban J connectivity index is 1.70. The average molecular weight is 370 g/mol. The predicted molar refractivity (Wildman–Crippen MR) is 115 cm³/mol. The summed E-state index contributed by atoms with van der Waals surface area (Å²) in [6, 6.07) is 16.2. The number of aryl methyl sites for hydroxylation is 3. The van der Waals surface area contributed by atoms with E-state index in [2.05, 4.69) is 56.8 Å². The number of hydrogen-bond donors (Lipinski definition) is 3. The molecule has 2 aromatic heterocycles. The van der Waals surface area contributed by atoms with E-state index >= 15 is 0 Å². The number of fused-ring (bicyclic) bond motifs is 1. The SMILES string of the molecule is Cc1ccc(C)c(Nc2ncnc(Nc3cccc4ccc(C)nc34)c2N)c1. The first kappa shape index (κ1) is 17.7. The van der Waals surface area contributed by atoms with Gasteiger partial charge in [-0.3, -0.25) is 4.98 Å². The maximum atomic E-state index is 6.37. The molecule has 0 spiro atoms. The molecule has 4 N–H and O–H groups in total. The number of nitrogens with two attached hydrogens (primary N) is 1. The molecule has 28 heavy (non-hydrogen) atoms. The fourth-order valence-corrected chi connectivity index (χ4v) is 3.07. The van der Waals surface area contributed by atoms with Crippen LogP contribution in [-0.2, 0) is 0 Å². The minimum Gasteiger partial charge on any atom is -0.393 e. The van der Waals surface area contributed by atoms with Crippen molar-refractivity contribution in [3.8, 4) is 0 Å². The number of para-hydroxylation sites is 1. The molecule has 2 aromatic carbocycles. The number of pyridine rings is 1. The Hall–Kier alpha value is -3.67. The van der Waals surface area contributed by atoms with Crippen molar-refractivity contribution in [2.75, 3.05) is 16.4 Å². The second-order valence-electron chi connectivity index (χ2n) is 6.88. The van der Waals surface area contributed by atoms with Crippen LogP contribution in [0.2, 0.25) is 0 Å². The summed E-state index contributed by atoms with van der Waals surface area (Å²) in [6.07, 6.45) is 1.50. The van der Waals surface area contributed by atoms with Gasteiger partial charge in [0.15, 0.2) is 11.6 Å². The van der Waals surface area contributed by atoms with Crippen LogP contribution in [0, 0.1) is 20.8 Å². The number of nitrogen functional groups attached to an aromatic ring is 1. The van der Waals surface area contributed by atoms with Gasteiger partial charge in [-0.25, -0.2) is 9.97 Å². The lowest BCUT2D eigenvalue weighted by atomic mass is 10.1. The van der Waals surface area contributed by atoms with Crippen LogP contribution in [0.15, 0.2) is 54.9 Å². The molecule has 0 radical (unpaired) electrons. The number of nitrogens with zero attached hydrogens (tertiary/aromatic N) is 3. The Morgan fingerprint density at radius 2 is 1.57 bits per heavy atom. The van der Waals surface area contributed by atoms with Gasteiger partial charge in [-0.2, -0.15) is 0 Å².